The maximum Gasteiger partial charge on any atom is 0.303 e. The molecule has 1 heterocycles. The van der Waals surface area contributed by atoms with E-state index in [9.17, 15) is 14.4 Å². The van der Waals surface area contributed by atoms with Gasteiger partial charge in [-0.2, -0.15) is 0 Å². The minimum atomic E-state index is -0.805. The molecule has 18 heavy (non-hydrogen) atoms. The van der Waals surface area contributed by atoms with E-state index in [2.05, 4.69) is 10.3 Å². The minimum Gasteiger partial charge on any atom is -0.481 e. The molecule has 0 radical (unpaired) electrons. The van der Waals surface area contributed by atoms with Crippen LogP contribution in [0, 0.1) is 0 Å². The predicted molar refractivity (Wildman–Crippen MR) is 65.5 cm³/mol. The van der Waals surface area contributed by atoms with Crippen LogP contribution < -0.4 is 10.9 Å². The Morgan fingerprint density at radius 2 is 2.00 bits per heavy atom. The highest BCUT2D eigenvalue weighted by Crippen LogP contribution is 1.99. The molecule has 1 aromatic rings. The Hall–Kier alpha value is -2.11. The second kappa shape index (κ2) is 7.26. The van der Waals surface area contributed by atoms with Gasteiger partial charge in [0.2, 0.25) is 5.56 Å². The lowest BCUT2D eigenvalue weighted by molar-refractivity contribution is -0.137. The fourth-order valence-electron chi connectivity index (χ4n) is 1.46. The number of aromatic nitrogens is 1. The second-order valence-corrected chi connectivity index (χ2v) is 3.89. The van der Waals surface area contributed by atoms with Crippen molar-refractivity contribution in [3.05, 3.63) is 34.2 Å². The van der Waals surface area contributed by atoms with Gasteiger partial charge in [-0.25, -0.2) is 0 Å². The van der Waals surface area contributed by atoms with Gasteiger partial charge in [-0.15, -0.1) is 0 Å². The smallest absolute Gasteiger partial charge is 0.303 e. The van der Waals surface area contributed by atoms with E-state index in [0.29, 0.717) is 13.0 Å². The van der Waals surface area contributed by atoms with Crippen molar-refractivity contribution in [3.63, 3.8) is 0 Å². The number of H-pyrrole nitrogens is 1. The molecule has 0 atom stereocenters. The summed E-state index contributed by atoms with van der Waals surface area (Å²) in [6.45, 7) is 0.468. The van der Waals surface area contributed by atoms with Gasteiger partial charge in [0.25, 0.3) is 5.91 Å². The molecule has 98 valence electrons. The average Bonchev–Trinajstić information content (AvgIpc) is 2.33. The number of rotatable bonds is 7. The molecule has 6 nitrogen and oxygen atoms in total. The van der Waals surface area contributed by atoms with E-state index in [4.69, 9.17) is 5.11 Å². The van der Waals surface area contributed by atoms with Crippen LogP contribution in [-0.4, -0.2) is 28.5 Å². The standard InChI is InChI=1S/C12H16N2O4/c15-10-6-4-5-9(14-10)12(18)13-8-3-1-2-7-11(16)17/h4-6H,1-3,7-8H2,(H,13,18)(H,14,15)(H,16,17). The zero-order valence-electron chi connectivity index (χ0n) is 9.94. The van der Waals surface area contributed by atoms with E-state index in [1.807, 2.05) is 0 Å². The van der Waals surface area contributed by atoms with E-state index >= 15 is 0 Å². The van der Waals surface area contributed by atoms with Gasteiger partial charge in [0.1, 0.15) is 5.69 Å². The average molecular weight is 252 g/mol. The number of unbranched alkanes of at least 4 members (excludes halogenated alkanes) is 2. The summed E-state index contributed by atoms with van der Waals surface area (Å²) in [7, 11) is 0. The number of hydrogen-bond donors (Lipinski definition) is 3. The molecule has 1 amide bonds. The molecule has 0 aliphatic carbocycles. The van der Waals surface area contributed by atoms with Gasteiger partial charge in [0.15, 0.2) is 0 Å². The lowest BCUT2D eigenvalue weighted by atomic mass is 10.2. The van der Waals surface area contributed by atoms with Crippen molar-refractivity contribution < 1.29 is 14.7 Å². The second-order valence-electron chi connectivity index (χ2n) is 3.89. The number of amides is 1. The lowest BCUT2D eigenvalue weighted by Gasteiger charge is -2.04. The van der Waals surface area contributed by atoms with E-state index in [1.54, 1.807) is 0 Å². The molecule has 1 aromatic heterocycles. The zero-order chi connectivity index (χ0) is 13.4. The molecule has 0 spiro atoms. The summed E-state index contributed by atoms with van der Waals surface area (Å²) >= 11 is 0. The fourth-order valence-corrected chi connectivity index (χ4v) is 1.46. The molecule has 0 saturated heterocycles. The summed E-state index contributed by atoms with van der Waals surface area (Å²) in [5, 5.41) is 11.1. The Bertz CT molecular complexity index is 467. The number of aromatic amines is 1. The topological polar surface area (TPSA) is 99.3 Å². The highest BCUT2D eigenvalue weighted by molar-refractivity contribution is 5.92. The number of carbonyl (C=O) groups is 2. The van der Waals surface area contributed by atoms with Crippen molar-refractivity contribution in [2.45, 2.75) is 25.7 Å². The third-order valence-corrected chi connectivity index (χ3v) is 2.37. The van der Waals surface area contributed by atoms with Gasteiger partial charge in [0, 0.05) is 19.0 Å². The monoisotopic (exact) mass is 252 g/mol. The number of nitrogens with one attached hydrogen (secondary N) is 2. The number of carboxylic acid groups (broad SMARTS) is 1. The summed E-state index contributed by atoms with van der Waals surface area (Å²) in [5.74, 6) is -1.13. The van der Waals surface area contributed by atoms with Crippen molar-refractivity contribution in [2.24, 2.45) is 0 Å². The van der Waals surface area contributed by atoms with Gasteiger partial charge in [-0.05, 0) is 18.9 Å². The van der Waals surface area contributed by atoms with Crippen molar-refractivity contribution in [2.75, 3.05) is 6.54 Å². The van der Waals surface area contributed by atoms with Crippen molar-refractivity contribution in [1.29, 1.82) is 0 Å². The third-order valence-electron chi connectivity index (χ3n) is 2.37. The summed E-state index contributed by atoms with van der Waals surface area (Å²) in [6, 6.07) is 4.38. The summed E-state index contributed by atoms with van der Waals surface area (Å²) < 4.78 is 0. The molecule has 0 aliphatic heterocycles. The quantitative estimate of drug-likeness (QED) is 0.623. The number of carboxylic acids is 1. The van der Waals surface area contributed by atoms with Crippen LogP contribution in [-0.2, 0) is 4.79 Å². The number of carbonyl (C=O) groups excluding carboxylic acids is 1. The number of aliphatic carboxylic acids is 1. The first-order valence-corrected chi connectivity index (χ1v) is 5.79. The summed E-state index contributed by atoms with van der Waals surface area (Å²) in [5.41, 5.74) is -0.0860. The van der Waals surface area contributed by atoms with Crippen LogP contribution in [0.1, 0.15) is 36.2 Å². The maximum atomic E-state index is 11.6. The molecule has 0 bridgehead atoms. The molecule has 3 N–H and O–H groups in total. The third kappa shape index (κ3) is 5.29. The summed E-state index contributed by atoms with van der Waals surface area (Å²) in [6.07, 6.45) is 2.22. The van der Waals surface area contributed by atoms with Gasteiger partial charge in [-0.1, -0.05) is 12.5 Å². The van der Waals surface area contributed by atoms with Crippen molar-refractivity contribution >= 4 is 11.9 Å². The van der Waals surface area contributed by atoms with Crippen molar-refractivity contribution in [3.8, 4) is 0 Å². The lowest BCUT2D eigenvalue weighted by Crippen LogP contribution is -2.27. The minimum absolute atomic E-state index is 0.153. The first kappa shape index (κ1) is 14.0. The van der Waals surface area contributed by atoms with Crippen LogP contribution in [0.4, 0.5) is 0 Å². The molecule has 0 fully saturated rings. The Morgan fingerprint density at radius 1 is 1.22 bits per heavy atom. The van der Waals surface area contributed by atoms with E-state index < -0.39 is 5.97 Å². The van der Waals surface area contributed by atoms with E-state index in [0.717, 1.165) is 12.8 Å². The Balaban J connectivity index is 2.22. The normalized spacial score (nSPS) is 10.0. The Kier molecular flexibility index (Phi) is 5.63. The van der Waals surface area contributed by atoms with Crippen LogP contribution in [0.25, 0.3) is 0 Å². The van der Waals surface area contributed by atoms with E-state index in [-0.39, 0.29) is 23.6 Å². The number of pyridine rings is 1. The molecule has 0 saturated carbocycles. The molecule has 6 heteroatoms. The SMILES string of the molecule is O=C(O)CCCCCNC(=O)c1cccc(=O)[nH]1. The van der Waals surface area contributed by atoms with E-state index in [1.165, 1.54) is 18.2 Å². The predicted octanol–water partition coefficient (Wildman–Crippen LogP) is 0.750. The van der Waals surface area contributed by atoms with Crippen LogP contribution in [0.2, 0.25) is 0 Å². The van der Waals surface area contributed by atoms with Crippen LogP contribution >= 0.6 is 0 Å². The zero-order valence-corrected chi connectivity index (χ0v) is 9.94. The summed E-state index contributed by atoms with van der Waals surface area (Å²) in [4.78, 5) is 35.2. The molecule has 1 rings (SSSR count). The molecule has 0 unspecified atom stereocenters. The Morgan fingerprint density at radius 3 is 2.67 bits per heavy atom. The van der Waals surface area contributed by atoms with Gasteiger partial charge in [-0.3, -0.25) is 14.4 Å². The van der Waals surface area contributed by atoms with Crippen LogP contribution in [0.3, 0.4) is 0 Å². The van der Waals surface area contributed by atoms with Gasteiger partial charge < -0.3 is 15.4 Å². The van der Waals surface area contributed by atoms with Gasteiger partial charge >= 0.3 is 5.97 Å². The highest BCUT2D eigenvalue weighted by atomic mass is 16.4. The fraction of sp³-hybridized carbons (Fsp3) is 0.417. The van der Waals surface area contributed by atoms with Crippen LogP contribution in [0.5, 0.6) is 0 Å². The maximum absolute atomic E-state index is 11.6. The highest BCUT2D eigenvalue weighted by Gasteiger charge is 2.04. The van der Waals surface area contributed by atoms with Crippen molar-refractivity contribution in [1.82, 2.24) is 10.3 Å². The van der Waals surface area contributed by atoms with Crippen LogP contribution in [0.15, 0.2) is 23.0 Å². The molecular weight excluding hydrogens is 236 g/mol. The number of hydrogen-bond acceptors (Lipinski definition) is 3. The first-order valence-electron chi connectivity index (χ1n) is 5.79. The van der Waals surface area contributed by atoms with Gasteiger partial charge in [0.05, 0.1) is 0 Å². The first-order chi connectivity index (χ1) is 8.59. The Labute approximate surface area is 104 Å². The molecule has 0 aliphatic rings. The molecule has 0 aromatic carbocycles. The molecular formula is C12H16N2O4. The largest absolute Gasteiger partial charge is 0.481 e.